The number of halogens is 3. The van der Waals surface area contributed by atoms with Crippen LogP contribution in [0.4, 0.5) is 18.9 Å². The first-order valence-electron chi connectivity index (χ1n) is 10.7. The normalized spacial score (nSPS) is 11.2. The van der Waals surface area contributed by atoms with E-state index in [0.29, 0.717) is 21.5 Å². The molecule has 1 aromatic heterocycles. The number of nitrogens with zero attached hydrogens (tertiary/aromatic N) is 2. The van der Waals surface area contributed by atoms with Crippen LogP contribution in [0.15, 0.2) is 85.1 Å². The molecule has 6 nitrogen and oxygen atoms in total. The molecule has 35 heavy (non-hydrogen) atoms. The van der Waals surface area contributed by atoms with Gasteiger partial charge in [0.15, 0.2) is 5.69 Å². The van der Waals surface area contributed by atoms with Gasteiger partial charge in [-0.1, -0.05) is 48.0 Å². The third-order valence-electron chi connectivity index (χ3n) is 5.23. The number of anilines is 1. The summed E-state index contributed by atoms with van der Waals surface area (Å²) >= 11 is 0. The molecule has 4 aromatic rings. The molecular weight excluding hydrogens is 457 g/mol. The number of carbonyl (C=O) groups excluding carboxylic acids is 2. The number of rotatable bonds is 6. The Morgan fingerprint density at radius 3 is 2.31 bits per heavy atom. The first-order valence-corrected chi connectivity index (χ1v) is 10.7. The van der Waals surface area contributed by atoms with E-state index in [-0.39, 0.29) is 18.1 Å². The molecule has 4 rings (SSSR count). The summed E-state index contributed by atoms with van der Waals surface area (Å²) < 4.78 is 42.3. The van der Waals surface area contributed by atoms with Crippen LogP contribution in [0.5, 0.6) is 0 Å². The topological polar surface area (TPSA) is 76.0 Å². The zero-order valence-electron chi connectivity index (χ0n) is 18.6. The van der Waals surface area contributed by atoms with Crippen molar-refractivity contribution in [3.8, 4) is 5.69 Å². The molecule has 0 spiro atoms. The van der Waals surface area contributed by atoms with Crippen LogP contribution in [0.25, 0.3) is 5.69 Å². The molecule has 1 heterocycles. The van der Waals surface area contributed by atoms with Crippen LogP contribution in [0.1, 0.15) is 37.5 Å². The van der Waals surface area contributed by atoms with E-state index >= 15 is 0 Å². The average molecular weight is 478 g/mol. The van der Waals surface area contributed by atoms with Gasteiger partial charge >= 0.3 is 6.18 Å². The fourth-order valence-electron chi connectivity index (χ4n) is 3.49. The summed E-state index contributed by atoms with van der Waals surface area (Å²) in [7, 11) is 0. The number of aryl methyl sites for hydroxylation is 1. The number of aromatic nitrogens is 2. The van der Waals surface area contributed by atoms with Gasteiger partial charge in [0.2, 0.25) is 0 Å². The number of hydrogen-bond donors (Lipinski definition) is 2. The minimum absolute atomic E-state index is 0.0711. The molecule has 0 bridgehead atoms. The van der Waals surface area contributed by atoms with E-state index in [1.54, 1.807) is 60.7 Å². The van der Waals surface area contributed by atoms with Crippen molar-refractivity contribution in [2.75, 3.05) is 5.32 Å². The Kier molecular flexibility index (Phi) is 6.68. The third-order valence-corrected chi connectivity index (χ3v) is 5.23. The highest BCUT2D eigenvalue weighted by Crippen LogP contribution is 2.33. The fourth-order valence-corrected chi connectivity index (χ4v) is 3.49. The van der Waals surface area contributed by atoms with Crippen LogP contribution >= 0.6 is 0 Å². The maximum Gasteiger partial charge on any atom is 0.434 e. The summed E-state index contributed by atoms with van der Waals surface area (Å²) in [5, 5.41) is 9.07. The summed E-state index contributed by atoms with van der Waals surface area (Å²) in [6.45, 7) is 1.75. The molecule has 0 saturated heterocycles. The molecule has 2 amide bonds. The summed E-state index contributed by atoms with van der Waals surface area (Å²) in [5.74, 6) is -1.27. The van der Waals surface area contributed by atoms with Crippen LogP contribution < -0.4 is 10.6 Å². The van der Waals surface area contributed by atoms with E-state index in [0.717, 1.165) is 11.8 Å². The Balaban J connectivity index is 1.50. The van der Waals surface area contributed by atoms with Crippen molar-refractivity contribution in [1.82, 2.24) is 15.1 Å². The highest BCUT2D eigenvalue weighted by Gasteiger charge is 2.40. The van der Waals surface area contributed by atoms with Gasteiger partial charge < -0.3 is 10.6 Å². The standard InChI is InChI=1S/C26H21F3N4O2/c1-17-10-12-21(13-11-17)33-23(26(27,28)29)22(16-31-33)25(35)30-15-18-6-5-7-19(14-18)24(34)32-20-8-3-2-4-9-20/h2-14,16H,15H2,1H3,(H,30,35)(H,32,34). The largest absolute Gasteiger partial charge is 0.434 e. The van der Waals surface area contributed by atoms with Crippen molar-refractivity contribution in [2.45, 2.75) is 19.6 Å². The van der Waals surface area contributed by atoms with Gasteiger partial charge in [-0.15, -0.1) is 0 Å². The van der Waals surface area contributed by atoms with Crippen molar-refractivity contribution in [2.24, 2.45) is 0 Å². The Hall–Kier alpha value is -4.40. The lowest BCUT2D eigenvalue weighted by Crippen LogP contribution is -2.26. The maximum atomic E-state index is 13.9. The number of alkyl halides is 3. The second-order valence-corrected chi connectivity index (χ2v) is 7.86. The van der Waals surface area contributed by atoms with Gasteiger partial charge in [0.25, 0.3) is 11.8 Å². The van der Waals surface area contributed by atoms with Crippen molar-refractivity contribution in [3.05, 3.63) is 113 Å². The van der Waals surface area contributed by atoms with Crippen molar-refractivity contribution < 1.29 is 22.8 Å². The molecule has 0 radical (unpaired) electrons. The second-order valence-electron chi connectivity index (χ2n) is 7.86. The molecule has 0 aliphatic rings. The SMILES string of the molecule is Cc1ccc(-n2ncc(C(=O)NCc3cccc(C(=O)Nc4ccccc4)c3)c2C(F)(F)F)cc1. The minimum Gasteiger partial charge on any atom is -0.348 e. The van der Waals surface area contributed by atoms with Gasteiger partial charge in [-0.3, -0.25) is 9.59 Å². The number of para-hydroxylation sites is 1. The zero-order valence-corrected chi connectivity index (χ0v) is 18.6. The smallest absolute Gasteiger partial charge is 0.348 e. The Bertz CT molecular complexity index is 1350. The van der Waals surface area contributed by atoms with Gasteiger partial charge in [-0.25, -0.2) is 4.68 Å². The second kappa shape index (κ2) is 9.84. The first-order chi connectivity index (χ1) is 16.7. The lowest BCUT2D eigenvalue weighted by molar-refractivity contribution is -0.143. The molecule has 0 atom stereocenters. The molecule has 0 saturated carbocycles. The Morgan fingerprint density at radius 2 is 1.63 bits per heavy atom. The molecular formula is C26H21F3N4O2. The summed E-state index contributed by atoms with van der Waals surface area (Å²) in [6.07, 6.45) is -3.90. The van der Waals surface area contributed by atoms with Gasteiger partial charge in [-0.05, 0) is 48.9 Å². The molecule has 0 aliphatic carbocycles. The van der Waals surface area contributed by atoms with Gasteiger partial charge in [0.1, 0.15) is 0 Å². The summed E-state index contributed by atoms with van der Waals surface area (Å²) in [4.78, 5) is 25.2. The molecule has 178 valence electrons. The van der Waals surface area contributed by atoms with Crippen LogP contribution in [-0.4, -0.2) is 21.6 Å². The number of nitrogens with one attached hydrogen (secondary N) is 2. The predicted octanol–water partition coefficient (Wildman–Crippen LogP) is 5.38. The third kappa shape index (κ3) is 5.57. The monoisotopic (exact) mass is 478 g/mol. The molecule has 3 aromatic carbocycles. The predicted molar refractivity (Wildman–Crippen MR) is 125 cm³/mol. The Morgan fingerprint density at radius 1 is 0.914 bits per heavy atom. The van der Waals surface area contributed by atoms with Gasteiger partial charge in [-0.2, -0.15) is 18.3 Å². The molecule has 0 fully saturated rings. The van der Waals surface area contributed by atoms with E-state index in [2.05, 4.69) is 15.7 Å². The quantitative estimate of drug-likeness (QED) is 0.391. The van der Waals surface area contributed by atoms with Gasteiger partial charge in [0.05, 0.1) is 17.4 Å². The van der Waals surface area contributed by atoms with Crippen LogP contribution in [-0.2, 0) is 12.7 Å². The Labute approximate surface area is 199 Å². The lowest BCUT2D eigenvalue weighted by atomic mass is 10.1. The highest BCUT2D eigenvalue weighted by molar-refractivity contribution is 6.04. The fraction of sp³-hybridized carbons (Fsp3) is 0.115. The highest BCUT2D eigenvalue weighted by atomic mass is 19.4. The van der Waals surface area contributed by atoms with Crippen LogP contribution in [0.2, 0.25) is 0 Å². The van der Waals surface area contributed by atoms with Crippen molar-refractivity contribution in [3.63, 3.8) is 0 Å². The van der Waals surface area contributed by atoms with Crippen molar-refractivity contribution in [1.29, 1.82) is 0 Å². The minimum atomic E-state index is -4.80. The van der Waals surface area contributed by atoms with E-state index in [9.17, 15) is 22.8 Å². The maximum absolute atomic E-state index is 13.9. The zero-order chi connectivity index (χ0) is 25.0. The summed E-state index contributed by atoms with van der Waals surface area (Å²) in [5.41, 5.74) is 0.862. The number of hydrogen-bond acceptors (Lipinski definition) is 3. The van der Waals surface area contributed by atoms with E-state index in [4.69, 9.17) is 0 Å². The molecule has 0 aliphatic heterocycles. The van der Waals surface area contributed by atoms with Crippen LogP contribution in [0, 0.1) is 6.92 Å². The van der Waals surface area contributed by atoms with Crippen LogP contribution in [0.3, 0.4) is 0 Å². The molecule has 2 N–H and O–H groups in total. The first kappa shape index (κ1) is 23.7. The number of carbonyl (C=O) groups is 2. The summed E-state index contributed by atoms with van der Waals surface area (Å²) in [6, 6.07) is 21.7. The number of benzene rings is 3. The van der Waals surface area contributed by atoms with E-state index in [1.807, 2.05) is 13.0 Å². The number of amides is 2. The molecule has 9 heteroatoms. The van der Waals surface area contributed by atoms with Gasteiger partial charge in [0, 0.05) is 17.8 Å². The van der Waals surface area contributed by atoms with E-state index in [1.165, 1.54) is 12.1 Å². The van der Waals surface area contributed by atoms with E-state index < -0.39 is 23.3 Å². The molecule has 0 unspecified atom stereocenters. The lowest BCUT2D eigenvalue weighted by Gasteiger charge is -2.13. The average Bonchev–Trinajstić information content (AvgIpc) is 3.30. The van der Waals surface area contributed by atoms with Crippen molar-refractivity contribution >= 4 is 17.5 Å².